The molecule has 0 heterocycles. The first-order chi connectivity index (χ1) is 9.04. The van der Waals surface area contributed by atoms with E-state index in [1.165, 1.54) is 3.57 Å². The van der Waals surface area contributed by atoms with Gasteiger partial charge in [0.1, 0.15) is 0 Å². The zero-order chi connectivity index (χ0) is 13.8. The standard InChI is InChI=1S/C14H12INO2S/c15-10-1-3-11(4-2-10)19-12-5-6-13(16)9(7-12)8-14(17)18/h1-7H,8,16H2,(H,17,18). The van der Waals surface area contributed by atoms with Crippen LogP contribution in [0.25, 0.3) is 0 Å². The van der Waals surface area contributed by atoms with E-state index in [0.29, 0.717) is 11.3 Å². The Morgan fingerprint density at radius 3 is 2.42 bits per heavy atom. The molecule has 0 spiro atoms. The third-order valence-electron chi connectivity index (χ3n) is 2.51. The van der Waals surface area contributed by atoms with Crippen molar-refractivity contribution < 1.29 is 9.90 Å². The molecule has 0 aliphatic heterocycles. The Kier molecular flexibility index (Phi) is 4.71. The molecule has 0 saturated heterocycles. The van der Waals surface area contributed by atoms with Gasteiger partial charge in [-0.2, -0.15) is 0 Å². The molecule has 2 aromatic carbocycles. The lowest BCUT2D eigenvalue weighted by Crippen LogP contribution is -2.03. The van der Waals surface area contributed by atoms with Crippen LogP contribution in [0.2, 0.25) is 0 Å². The Hall–Kier alpha value is -1.21. The number of hydrogen-bond acceptors (Lipinski definition) is 3. The number of benzene rings is 2. The van der Waals surface area contributed by atoms with E-state index in [1.54, 1.807) is 17.8 Å². The van der Waals surface area contributed by atoms with Gasteiger partial charge in [-0.25, -0.2) is 0 Å². The molecule has 0 aliphatic rings. The van der Waals surface area contributed by atoms with Crippen molar-refractivity contribution in [2.45, 2.75) is 16.2 Å². The highest BCUT2D eigenvalue weighted by molar-refractivity contribution is 14.1. The van der Waals surface area contributed by atoms with Gasteiger partial charge in [0.2, 0.25) is 0 Å². The maximum Gasteiger partial charge on any atom is 0.307 e. The maximum atomic E-state index is 10.8. The number of nitrogen functional groups attached to an aromatic ring is 1. The van der Waals surface area contributed by atoms with E-state index < -0.39 is 5.97 Å². The lowest BCUT2D eigenvalue weighted by molar-refractivity contribution is -0.136. The molecule has 0 aliphatic carbocycles. The lowest BCUT2D eigenvalue weighted by Gasteiger charge is -2.07. The quantitative estimate of drug-likeness (QED) is 0.623. The van der Waals surface area contributed by atoms with Crippen molar-refractivity contribution in [3.8, 4) is 0 Å². The molecule has 0 saturated carbocycles. The maximum absolute atomic E-state index is 10.8. The summed E-state index contributed by atoms with van der Waals surface area (Å²) in [6.07, 6.45) is -0.0487. The molecular formula is C14H12INO2S. The summed E-state index contributed by atoms with van der Waals surface area (Å²) in [7, 11) is 0. The van der Waals surface area contributed by atoms with Crippen molar-refractivity contribution in [3.05, 3.63) is 51.6 Å². The van der Waals surface area contributed by atoms with E-state index in [0.717, 1.165) is 9.79 Å². The molecule has 0 unspecified atom stereocenters. The monoisotopic (exact) mass is 385 g/mol. The van der Waals surface area contributed by atoms with Crippen LogP contribution in [0.4, 0.5) is 5.69 Å². The van der Waals surface area contributed by atoms with Crippen molar-refractivity contribution in [1.29, 1.82) is 0 Å². The fraction of sp³-hybridized carbons (Fsp3) is 0.0714. The van der Waals surface area contributed by atoms with E-state index in [4.69, 9.17) is 10.8 Å². The van der Waals surface area contributed by atoms with Crippen LogP contribution in [-0.2, 0) is 11.2 Å². The second-order valence-electron chi connectivity index (χ2n) is 3.99. The predicted molar refractivity (Wildman–Crippen MR) is 85.5 cm³/mol. The fourth-order valence-electron chi connectivity index (χ4n) is 1.60. The first-order valence-electron chi connectivity index (χ1n) is 5.58. The van der Waals surface area contributed by atoms with Gasteiger partial charge in [0.25, 0.3) is 0 Å². The number of halogens is 1. The van der Waals surface area contributed by atoms with E-state index in [2.05, 4.69) is 22.6 Å². The van der Waals surface area contributed by atoms with Crippen LogP contribution in [-0.4, -0.2) is 11.1 Å². The highest BCUT2D eigenvalue weighted by Crippen LogP contribution is 2.30. The first-order valence-corrected chi connectivity index (χ1v) is 7.48. The molecule has 0 aromatic heterocycles. The smallest absolute Gasteiger partial charge is 0.307 e. The summed E-state index contributed by atoms with van der Waals surface area (Å²) < 4.78 is 1.19. The molecule has 19 heavy (non-hydrogen) atoms. The van der Waals surface area contributed by atoms with Crippen LogP contribution in [0.3, 0.4) is 0 Å². The Labute approximate surface area is 129 Å². The Bertz CT molecular complexity index is 599. The second kappa shape index (κ2) is 6.29. The largest absolute Gasteiger partial charge is 0.481 e. The van der Waals surface area contributed by atoms with E-state index in [9.17, 15) is 4.79 Å². The summed E-state index contributed by atoms with van der Waals surface area (Å²) in [5.74, 6) is -0.872. The number of hydrogen-bond donors (Lipinski definition) is 2. The summed E-state index contributed by atoms with van der Waals surface area (Å²) in [4.78, 5) is 12.9. The minimum absolute atomic E-state index is 0.0487. The molecule has 0 radical (unpaired) electrons. The number of aliphatic carboxylic acids is 1. The van der Waals surface area contributed by atoms with Crippen molar-refractivity contribution in [1.82, 2.24) is 0 Å². The number of rotatable bonds is 4. The highest BCUT2D eigenvalue weighted by Gasteiger charge is 2.07. The van der Waals surface area contributed by atoms with Crippen molar-refractivity contribution in [2.75, 3.05) is 5.73 Å². The highest BCUT2D eigenvalue weighted by atomic mass is 127. The van der Waals surface area contributed by atoms with Gasteiger partial charge in [-0.1, -0.05) is 11.8 Å². The normalized spacial score (nSPS) is 10.4. The van der Waals surface area contributed by atoms with Crippen LogP contribution >= 0.6 is 34.4 Å². The number of carbonyl (C=O) groups is 1. The van der Waals surface area contributed by atoms with Crippen LogP contribution in [0.5, 0.6) is 0 Å². The van der Waals surface area contributed by atoms with Crippen LogP contribution in [0, 0.1) is 3.57 Å². The van der Waals surface area contributed by atoms with E-state index >= 15 is 0 Å². The molecule has 3 nitrogen and oxygen atoms in total. The minimum Gasteiger partial charge on any atom is -0.481 e. The average Bonchev–Trinajstić information content (AvgIpc) is 2.36. The van der Waals surface area contributed by atoms with Crippen molar-refractivity contribution in [3.63, 3.8) is 0 Å². The first kappa shape index (κ1) is 14.2. The average molecular weight is 385 g/mol. The summed E-state index contributed by atoms with van der Waals surface area (Å²) in [5.41, 5.74) is 6.96. The third kappa shape index (κ3) is 4.14. The molecule has 2 aromatic rings. The molecule has 0 atom stereocenters. The number of carboxylic acid groups (broad SMARTS) is 1. The molecule has 5 heteroatoms. The van der Waals surface area contributed by atoms with Crippen molar-refractivity contribution >= 4 is 46.0 Å². The predicted octanol–water partition coefficient (Wildman–Crippen LogP) is 3.65. The number of anilines is 1. The third-order valence-corrected chi connectivity index (χ3v) is 4.22. The van der Waals surface area contributed by atoms with Gasteiger partial charge in [-0.15, -0.1) is 0 Å². The zero-order valence-corrected chi connectivity index (χ0v) is 12.9. The van der Waals surface area contributed by atoms with Gasteiger partial charge >= 0.3 is 5.97 Å². The molecular weight excluding hydrogens is 373 g/mol. The summed E-state index contributed by atoms with van der Waals surface area (Å²) >= 11 is 3.85. The number of nitrogens with two attached hydrogens (primary N) is 1. The molecule has 0 fully saturated rings. The van der Waals surface area contributed by atoms with E-state index in [-0.39, 0.29) is 6.42 Å². The second-order valence-corrected chi connectivity index (χ2v) is 6.38. The molecule has 0 bridgehead atoms. The zero-order valence-electron chi connectivity index (χ0n) is 9.97. The molecule has 2 rings (SSSR count). The lowest BCUT2D eigenvalue weighted by atomic mass is 10.1. The van der Waals surface area contributed by atoms with Crippen LogP contribution in [0.15, 0.2) is 52.3 Å². The van der Waals surface area contributed by atoms with Crippen LogP contribution < -0.4 is 5.73 Å². The van der Waals surface area contributed by atoms with Gasteiger partial charge in [0.05, 0.1) is 6.42 Å². The number of carboxylic acids is 1. The molecule has 0 amide bonds. The van der Waals surface area contributed by atoms with Gasteiger partial charge in [0, 0.05) is 19.0 Å². The summed E-state index contributed by atoms with van der Waals surface area (Å²) in [6, 6.07) is 13.7. The van der Waals surface area contributed by atoms with Gasteiger partial charge in [-0.05, 0) is 70.6 Å². The SMILES string of the molecule is Nc1ccc(Sc2ccc(I)cc2)cc1CC(=O)O. The Balaban J connectivity index is 2.21. The Morgan fingerprint density at radius 2 is 1.79 bits per heavy atom. The van der Waals surface area contributed by atoms with Gasteiger partial charge in [0.15, 0.2) is 0 Å². The van der Waals surface area contributed by atoms with Gasteiger partial charge < -0.3 is 10.8 Å². The van der Waals surface area contributed by atoms with Crippen LogP contribution in [0.1, 0.15) is 5.56 Å². The molecule has 98 valence electrons. The van der Waals surface area contributed by atoms with Crippen molar-refractivity contribution in [2.24, 2.45) is 0 Å². The fourth-order valence-corrected chi connectivity index (χ4v) is 2.84. The van der Waals surface area contributed by atoms with Gasteiger partial charge in [-0.3, -0.25) is 4.79 Å². The minimum atomic E-state index is -0.872. The Morgan fingerprint density at radius 1 is 1.16 bits per heavy atom. The molecule has 3 N–H and O–H groups in total. The summed E-state index contributed by atoms with van der Waals surface area (Å²) in [6.45, 7) is 0. The topological polar surface area (TPSA) is 63.3 Å². The van der Waals surface area contributed by atoms with E-state index in [1.807, 2.05) is 36.4 Å². The summed E-state index contributed by atoms with van der Waals surface area (Å²) in [5, 5.41) is 8.84.